The number of aryl methyl sites for hydroxylation is 1. The molecule has 4 heteroatoms. The molecule has 3 nitrogen and oxygen atoms in total. The Labute approximate surface area is 68.9 Å². The molecule has 0 saturated heterocycles. The van der Waals surface area contributed by atoms with E-state index in [-0.39, 0.29) is 0 Å². The molecule has 0 aliphatic rings. The smallest absolute Gasteiger partial charge is 0.157 e. The van der Waals surface area contributed by atoms with Gasteiger partial charge in [0.1, 0.15) is 0 Å². The average molecular weight is 173 g/mol. The van der Waals surface area contributed by atoms with Crippen LogP contribution in [0.4, 0.5) is 5.82 Å². The molecule has 0 spiro atoms. The first kappa shape index (κ1) is 8.46. The van der Waals surface area contributed by atoms with E-state index < -0.39 is 10.0 Å². The zero-order valence-corrected chi connectivity index (χ0v) is 8.27. The average Bonchev–Trinajstić information content (AvgIpc) is 2.08. The molecule has 0 aliphatic heterocycles. The van der Waals surface area contributed by atoms with Crippen LogP contribution < -0.4 is 5.73 Å². The van der Waals surface area contributed by atoms with Gasteiger partial charge in [0.25, 0.3) is 0 Å². The zero-order chi connectivity index (χ0) is 8.65. The second-order valence-corrected chi connectivity index (χ2v) is 7.50. The van der Waals surface area contributed by atoms with Gasteiger partial charge in [-0.15, -0.1) is 0 Å². The van der Waals surface area contributed by atoms with Crippen LogP contribution in [-0.4, -0.2) is 28.5 Å². The predicted molar refractivity (Wildman–Crippen MR) is 51.2 cm³/mol. The molecule has 0 fully saturated rings. The lowest BCUT2D eigenvalue weighted by Crippen LogP contribution is -1.96. The highest BCUT2D eigenvalue weighted by atomic mass is 32.3. The molecule has 0 saturated carbocycles. The third-order valence-electron chi connectivity index (χ3n) is 1.48. The van der Waals surface area contributed by atoms with Gasteiger partial charge in [0.2, 0.25) is 0 Å². The number of nitrogens with two attached hydrogens (primary N) is 1. The van der Waals surface area contributed by atoms with Crippen LogP contribution in [0.5, 0.6) is 0 Å². The first-order chi connectivity index (χ1) is 4.91. The highest BCUT2D eigenvalue weighted by molar-refractivity contribution is 8.32. The molecule has 0 atom stereocenters. The van der Waals surface area contributed by atoms with Crippen molar-refractivity contribution in [2.75, 3.05) is 24.5 Å². The van der Waals surface area contributed by atoms with E-state index >= 15 is 0 Å². The summed E-state index contributed by atoms with van der Waals surface area (Å²) in [6.07, 6.45) is 8.63. The standard InChI is InChI=1S/C7H15N3S/c1-10-5-6(7(8)9-10)11(2,3)4/h5H,1-4H3,(H2,8,9). The molecule has 1 aromatic rings. The van der Waals surface area contributed by atoms with Crippen molar-refractivity contribution in [3.8, 4) is 0 Å². The maximum Gasteiger partial charge on any atom is 0.157 e. The van der Waals surface area contributed by atoms with Crippen molar-refractivity contribution in [1.29, 1.82) is 0 Å². The van der Waals surface area contributed by atoms with Gasteiger partial charge in [-0.25, -0.2) is 10.0 Å². The molecule has 1 rings (SSSR count). The molecule has 0 aliphatic carbocycles. The molecule has 0 radical (unpaired) electrons. The Kier molecular flexibility index (Phi) is 1.88. The summed E-state index contributed by atoms with van der Waals surface area (Å²) >= 11 is 0. The molecule has 2 N–H and O–H groups in total. The lowest BCUT2D eigenvalue weighted by molar-refractivity contribution is 0.770. The number of hydrogen-bond donors (Lipinski definition) is 1. The Hall–Kier alpha value is -0.640. The molecule has 11 heavy (non-hydrogen) atoms. The molecular formula is C7H15N3S. The summed E-state index contributed by atoms with van der Waals surface area (Å²) in [5.41, 5.74) is 5.72. The number of rotatable bonds is 1. The SMILES string of the molecule is Cn1cc(S(C)(C)C)c(N)n1. The van der Waals surface area contributed by atoms with Crippen LogP contribution in [-0.2, 0) is 7.05 Å². The maximum atomic E-state index is 5.72. The number of nitrogen functional groups attached to an aromatic ring is 1. The van der Waals surface area contributed by atoms with Gasteiger partial charge in [-0.2, -0.15) is 5.10 Å². The summed E-state index contributed by atoms with van der Waals surface area (Å²) in [6, 6.07) is 0. The third kappa shape index (κ3) is 1.68. The topological polar surface area (TPSA) is 43.8 Å². The Morgan fingerprint density at radius 2 is 2.00 bits per heavy atom. The second kappa shape index (κ2) is 2.44. The van der Waals surface area contributed by atoms with E-state index in [1.54, 1.807) is 4.68 Å². The highest BCUT2D eigenvalue weighted by Crippen LogP contribution is 2.47. The Morgan fingerprint density at radius 1 is 1.45 bits per heavy atom. The van der Waals surface area contributed by atoms with E-state index in [4.69, 9.17) is 5.73 Å². The maximum absolute atomic E-state index is 5.72. The van der Waals surface area contributed by atoms with Crippen molar-refractivity contribution in [3.05, 3.63) is 6.20 Å². The number of hydrogen-bond acceptors (Lipinski definition) is 2. The van der Waals surface area contributed by atoms with E-state index in [9.17, 15) is 0 Å². The fraction of sp³-hybridized carbons (Fsp3) is 0.571. The summed E-state index contributed by atoms with van der Waals surface area (Å²) in [4.78, 5) is 1.19. The Bertz CT molecular complexity index is 259. The van der Waals surface area contributed by atoms with E-state index in [1.807, 2.05) is 13.2 Å². The monoisotopic (exact) mass is 173 g/mol. The van der Waals surface area contributed by atoms with Gasteiger partial charge in [0.05, 0.1) is 4.90 Å². The molecule has 0 unspecified atom stereocenters. The molecule has 1 aromatic heterocycles. The lowest BCUT2D eigenvalue weighted by atomic mass is 10.7. The van der Waals surface area contributed by atoms with E-state index in [1.165, 1.54) is 4.90 Å². The fourth-order valence-electron chi connectivity index (χ4n) is 0.956. The lowest BCUT2D eigenvalue weighted by Gasteiger charge is -2.23. The van der Waals surface area contributed by atoms with Gasteiger partial charge in [0, 0.05) is 13.2 Å². The first-order valence-electron chi connectivity index (χ1n) is 3.39. The molecule has 1 heterocycles. The van der Waals surface area contributed by atoms with Crippen molar-refractivity contribution in [3.63, 3.8) is 0 Å². The largest absolute Gasteiger partial charge is 0.381 e. The fourth-order valence-corrected chi connectivity index (χ4v) is 2.09. The van der Waals surface area contributed by atoms with Gasteiger partial charge in [-0.05, 0) is 18.8 Å². The van der Waals surface area contributed by atoms with Crippen LogP contribution in [0.15, 0.2) is 11.1 Å². The minimum absolute atomic E-state index is 0.676. The van der Waals surface area contributed by atoms with Crippen LogP contribution in [0.25, 0.3) is 0 Å². The van der Waals surface area contributed by atoms with Crippen LogP contribution in [0.2, 0.25) is 0 Å². The Balaban J connectivity index is 3.13. The van der Waals surface area contributed by atoms with Gasteiger partial charge in [-0.3, -0.25) is 4.68 Å². The molecule has 0 amide bonds. The second-order valence-electron chi connectivity index (χ2n) is 3.39. The number of anilines is 1. The van der Waals surface area contributed by atoms with Crippen LogP contribution in [0.1, 0.15) is 0 Å². The Morgan fingerprint density at radius 3 is 2.18 bits per heavy atom. The van der Waals surface area contributed by atoms with Gasteiger partial charge < -0.3 is 5.73 Å². The van der Waals surface area contributed by atoms with E-state index in [2.05, 4.69) is 23.9 Å². The van der Waals surface area contributed by atoms with Crippen LogP contribution in [0.3, 0.4) is 0 Å². The predicted octanol–water partition coefficient (Wildman–Crippen LogP) is 1.06. The van der Waals surface area contributed by atoms with Gasteiger partial charge >= 0.3 is 0 Å². The van der Waals surface area contributed by atoms with Crippen molar-refractivity contribution in [2.45, 2.75) is 4.90 Å². The third-order valence-corrected chi connectivity index (χ3v) is 3.12. The van der Waals surface area contributed by atoms with Crippen molar-refractivity contribution in [2.24, 2.45) is 7.05 Å². The van der Waals surface area contributed by atoms with Crippen LogP contribution >= 0.6 is 10.0 Å². The summed E-state index contributed by atoms with van der Waals surface area (Å²) in [5, 5.41) is 4.09. The van der Waals surface area contributed by atoms with E-state index in [0.717, 1.165) is 0 Å². The van der Waals surface area contributed by atoms with Crippen LogP contribution in [0, 0.1) is 0 Å². The number of aromatic nitrogens is 2. The first-order valence-corrected chi connectivity index (χ1v) is 6.24. The minimum Gasteiger partial charge on any atom is -0.381 e. The van der Waals surface area contributed by atoms with Crippen molar-refractivity contribution < 1.29 is 0 Å². The summed E-state index contributed by atoms with van der Waals surface area (Å²) in [7, 11) is 1.17. The summed E-state index contributed by atoms with van der Waals surface area (Å²) < 4.78 is 1.77. The minimum atomic E-state index is -0.721. The molecule has 0 aromatic carbocycles. The summed E-state index contributed by atoms with van der Waals surface area (Å²) in [6.45, 7) is 0. The molecule has 64 valence electrons. The van der Waals surface area contributed by atoms with Gasteiger partial charge in [-0.1, -0.05) is 0 Å². The normalized spacial score (nSPS) is 13.5. The number of nitrogens with zero attached hydrogens (tertiary/aromatic N) is 2. The van der Waals surface area contributed by atoms with Gasteiger partial charge in [0.15, 0.2) is 5.82 Å². The van der Waals surface area contributed by atoms with E-state index in [0.29, 0.717) is 5.82 Å². The summed E-state index contributed by atoms with van der Waals surface area (Å²) in [5.74, 6) is 0.676. The molecule has 0 bridgehead atoms. The van der Waals surface area contributed by atoms with Crippen molar-refractivity contribution >= 4 is 15.8 Å². The molecular weight excluding hydrogens is 158 g/mol. The zero-order valence-electron chi connectivity index (χ0n) is 7.46. The van der Waals surface area contributed by atoms with Crippen molar-refractivity contribution in [1.82, 2.24) is 9.78 Å². The highest BCUT2D eigenvalue weighted by Gasteiger charge is 2.14. The quantitative estimate of drug-likeness (QED) is 0.690.